The third-order valence-electron chi connectivity index (χ3n) is 5.26. The Morgan fingerprint density at radius 2 is 2.16 bits per heavy atom. The lowest BCUT2D eigenvalue weighted by molar-refractivity contribution is -0.183. The molecule has 3 rings (SSSR count). The number of rotatable bonds is 5. The minimum absolute atomic E-state index is 0.0616. The van der Waals surface area contributed by atoms with E-state index in [4.69, 9.17) is 0 Å². The summed E-state index contributed by atoms with van der Waals surface area (Å²) in [5, 5.41) is 4.61. The van der Waals surface area contributed by atoms with Gasteiger partial charge in [-0.3, -0.25) is 9.98 Å². The number of alkyl halides is 3. The molecule has 0 saturated carbocycles. The van der Waals surface area contributed by atoms with Crippen molar-refractivity contribution in [3.8, 4) is 0 Å². The van der Waals surface area contributed by atoms with Crippen molar-refractivity contribution in [3.63, 3.8) is 0 Å². The number of halogens is 3. The van der Waals surface area contributed by atoms with Crippen molar-refractivity contribution in [3.05, 3.63) is 41.7 Å². The molecule has 0 aromatic heterocycles. The molecule has 2 unspecified atom stereocenters. The third-order valence-corrected chi connectivity index (χ3v) is 5.26. The summed E-state index contributed by atoms with van der Waals surface area (Å²) < 4.78 is 39.0. The second-order valence-electron chi connectivity index (χ2n) is 7.76. The van der Waals surface area contributed by atoms with Gasteiger partial charge in [0.25, 0.3) is 0 Å². The summed E-state index contributed by atoms with van der Waals surface area (Å²) in [6.45, 7) is 2.63. The number of nitrogens with zero attached hydrogens (tertiary/aromatic N) is 4. The highest BCUT2D eigenvalue weighted by Gasteiger charge is 2.42. The molecule has 0 radical (unpaired) electrons. The van der Waals surface area contributed by atoms with E-state index >= 15 is 0 Å². The van der Waals surface area contributed by atoms with Crippen molar-refractivity contribution < 1.29 is 18.0 Å². The molecule has 0 aliphatic carbocycles. The number of urea groups is 1. The molecule has 0 bridgehead atoms. The minimum Gasteiger partial charge on any atom is -0.324 e. The fraction of sp³-hybridized carbons (Fsp3) is 0.476. The van der Waals surface area contributed by atoms with Gasteiger partial charge in [0, 0.05) is 44.5 Å². The van der Waals surface area contributed by atoms with Gasteiger partial charge in [-0.15, -0.1) is 0 Å². The molecule has 1 fully saturated rings. The molecule has 0 spiro atoms. The van der Waals surface area contributed by atoms with Crippen LogP contribution in [0.2, 0.25) is 0 Å². The molecule has 2 heterocycles. The zero-order valence-corrected chi connectivity index (χ0v) is 17.6. The van der Waals surface area contributed by atoms with Gasteiger partial charge in [0.2, 0.25) is 0 Å². The number of aliphatic imine (C=N–C) groups is 2. The van der Waals surface area contributed by atoms with E-state index in [0.717, 1.165) is 11.3 Å². The van der Waals surface area contributed by atoms with Gasteiger partial charge in [-0.05, 0) is 37.5 Å². The number of amides is 2. The van der Waals surface area contributed by atoms with Crippen LogP contribution in [-0.4, -0.2) is 61.2 Å². The maximum Gasteiger partial charge on any atom is 0.393 e. The molecule has 2 aliphatic rings. The molecule has 168 valence electrons. The molecule has 2 N–H and O–H groups in total. The number of hydrogen-bond acceptors (Lipinski definition) is 5. The monoisotopic (exact) mass is 436 g/mol. The maximum absolute atomic E-state index is 13.0. The number of benzene rings is 1. The number of carbonyl (C=O) groups excluding carboxylic acids is 1. The van der Waals surface area contributed by atoms with E-state index in [0.29, 0.717) is 25.2 Å². The standard InChI is InChI=1S/C21H27F3N6O/c1-15(25-8-9-26-19-12-27-29(2)14-19)16-5-3-7-18(11-16)28-20(31)30-10-4-6-17(13-30)21(22,23)24/h3,5,7-9,11-12,15,17,27H,4,6,10,13-14H2,1-2H3,(H,28,31). The van der Waals surface area contributed by atoms with Crippen LogP contribution in [0.15, 0.2) is 46.1 Å². The number of hydrogen-bond donors (Lipinski definition) is 2. The Morgan fingerprint density at radius 3 is 2.87 bits per heavy atom. The number of carbonyl (C=O) groups is 1. The molecule has 1 aromatic carbocycles. The molecule has 2 amide bonds. The van der Waals surface area contributed by atoms with E-state index in [1.54, 1.807) is 30.6 Å². The van der Waals surface area contributed by atoms with Gasteiger partial charge >= 0.3 is 12.2 Å². The van der Waals surface area contributed by atoms with E-state index in [2.05, 4.69) is 20.7 Å². The van der Waals surface area contributed by atoms with Crippen molar-refractivity contribution in [2.24, 2.45) is 15.9 Å². The van der Waals surface area contributed by atoms with Gasteiger partial charge in [0.05, 0.1) is 24.2 Å². The van der Waals surface area contributed by atoms with Crippen molar-refractivity contribution >= 4 is 24.1 Å². The average molecular weight is 436 g/mol. The number of hydrazine groups is 1. The fourth-order valence-electron chi connectivity index (χ4n) is 3.49. The van der Waals surface area contributed by atoms with Crippen LogP contribution in [-0.2, 0) is 0 Å². The van der Waals surface area contributed by atoms with Gasteiger partial charge in [-0.1, -0.05) is 12.1 Å². The van der Waals surface area contributed by atoms with Gasteiger partial charge in [-0.2, -0.15) is 13.2 Å². The SMILES string of the molecule is CC(N=CC=NC1=CNN(C)C1)c1cccc(NC(=O)N2CCCC(C(F)(F)F)C2)c1. The summed E-state index contributed by atoms with van der Waals surface area (Å²) in [4.78, 5) is 22.4. The lowest BCUT2D eigenvalue weighted by Crippen LogP contribution is -2.46. The van der Waals surface area contributed by atoms with Gasteiger partial charge in [0.15, 0.2) is 0 Å². The van der Waals surface area contributed by atoms with Gasteiger partial charge in [0.1, 0.15) is 0 Å². The summed E-state index contributed by atoms with van der Waals surface area (Å²) in [6, 6.07) is 6.46. The van der Waals surface area contributed by atoms with E-state index < -0.39 is 18.1 Å². The largest absolute Gasteiger partial charge is 0.393 e. The van der Waals surface area contributed by atoms with Crippen LogP contribution < -0.4 is 10.7 Å². The predicted octanol–water partition coefficient (Wildman–Crippen LogP) is 3.99. The molecule has 31 heavy (non-hydrogen) atoms. The lowest BCUT2D eigenvalue weighted by Gasteiger charge is -2.33. The molecule has 1 saturated heterocycles. The average Bonchev–Trinajstić information content (AvgIpc) is 3.15. The summed E-state index contributed by atoms with van der Waals surface area (Å²) >= 11 is 0. The smallest absolute Gasteiger partial charge is 0.324 e. The van der Waals surface area contributed by atoms with Crippen LogP contribution in [0, 0.1) is 5.92 Å². The molecule has 7 nitrogen and oxygen atoms in total. The summed E-state index contributed by atoms with van der Waals surface area (Å²) in [7, 11) is 1.92. The first kappa shape index (κ1) is 22.8. The van der Waals surface area contributed by atoms with Crippen LogP contribution in [0.1, 0.15) is 31.4 Å². The Morgan fingerprint density at radius 1 is 1.35 bits per heavy atom. The first-order chi connectivity index (χ1) is 14.7. The lowest BCUT2D eigenvalue weighted by atomic mass is 9.98. The van der Waals surface area contributed by atoms with Crippen LogP contribution in [0.25, 0.3) is 0 Å². The molecule has 2 atom stereocenters. The predicted molar refractivity (Wildman–Crippen MR) is 115 cm³/mol. The Hall–Kier alpha value is -2.88. The number of piperidine rings is 1. The first-order valence-corrected chi connectivity index (χ1v) is 10.2. The molecule has 2 aliphatic heterocycles. The number of likely N-dealkylation sites (tertiary alicyclic amines) is 1. The van der Waals surface area contributed by atoms with Crippen LogP contribution >= 0.6 is 0 Å². The Kier molecular flexibility index (Phi) is 7.32. The number of anilines is 1. The van der Waals surface area contributed by atoms with E-state index in [1.165, 1.54) is 4.90 Å². The van der Waals surface area contributed by atoms with Gasteiger partial charge in [-0.25, -0.2) is 9.80 Å². The van der Waals surface area contributed by atoms with Crippen LogP contribution in [0.4, 0.5) is 23.7 Å². The van der Waals surface area contributed by atoms with Crippen molar-refractivity contribution in [1.82, 2.24) is 15.3 Å². The summed E-state index contributed by atoms with van der Waals surface area (Å²) in [5.74, 6) is -1.47. The summed E-state index contributed by atoms with van der Waals surface area (Å²) in [6.07, 6.45) is 1.19. The van der Waals surface area contributed by atoms with E-state index in [9.17, 15) is 18.0 Å². The summed E-state index contributed by atoms with van der Waals surface area (Å²) in [5.41, 5.74) is 5.32. The zero-order chi connectivity index (χ0) is 22.4. The maximum atomic E-state index is 13.0. The number of likely N-dealkylation sites (N-methyl/N-ethyl adjacent to an activating group) is 1. The Balaban J connectivity index is 1.56. The zero-order valence-electron chi connectivity index (χ0n) is 17.6. The van der Waals surface area contributed by atoms with Gasteiger partial charge < -0.3 is 15.6 Å². The minimum atomic E-state index is -4.28. The number of nitrogens with one attached hydrogen (secondary N) is 2. The normalized spacial score (nSPS) is 21.4. The highest BCUT2D eigenvalue weighted by atomic mass is 19.4. The quantitative estimate of drug-likeness (QED) is 0.686. The van der Waals surface area contributed by atoms with Crippen LogP contribution in [0.3, 0.4) is 0 Å². The Labute approximate surface area is 179 Å². The third kappa shape index (κ3) is 6.55. The first-order valence-electron chi connectivity index (χ1n) is 10.2. The van der Waals surface area contributed by atoms with Crippen LogP contribution in [0.5, 0.6) is 0 Å². The topological polar surface area (TPSA) is 72.3 Å². The highest BCUT2D eigenvalue weighted by Crippen LogP contribution is 2.33. The van der Waals surface area contributed by atoms with Crippen molar-refractivity contribution in [1.29, 1.82) is 0 Å². The van der Waals surface area contributed by atoms with Crippen molar-refractivity contribution in [2.75, 3.05) is 32.0 Å². The second-order valence-corrected chi connectivity index (χ2v) is 7.76. The van der Waals surface area contributed by atoms with E-state index in [1.807, 2.05) is 31.2 Å². The van der Waals surface area contributed by atoms with Crippen molar-refractivity contribution in [2.45, 2.75) is 32.0 Å². The fourth-order valence-corrected chi connectivity index (χ4v) is 3.49. The Bertz CT molecular complexity index is 867. The molecule has 1 aromatic rings. The second kappa shape index (κ2) is 9.95. The molecule has 10 heteroatoms. The highest BCUT2D eigenvalue weighted by molar-refractivity contribution is 6.16. The van der Waals surface area contributed by atoms with E-state index in [-0.39, 0.29) is 19.0 Å². The molecular weight excluding hydrogens is 409 g/mol. The molecular formula is C21H27F3N6O.